The molecule has 0 unspecified atom stereocenters. The molecular formula is C26H28ClN9S. The highest BCUT2D eigenvalue weighted by atomic mass is 35.5. The number of halogens is 1. The van der Waals surface area contributed by atoms with Gasteiger partial charge in [-0.25, -0.2) is 19.9 Å². The molecular weight excluding hydrogens is 506 g/mol. The van der Waals surface area contributed by atoms with Gasteiger partial charge in [0, 0.05) is 47.9 Å². The number of nitrogen functional groups attached to an aromatic ring is 1. The third-order valence-corrected chi connectivity index (χ3v) is 9.59. The fourth-order valence-corrected chi connectivity index (χ4v) is 7.66. The van der Waals surface area contributed by atoms with Crippen molar-refractivity contribution in [2.24, 2.45) is 11.1 Å². The zero-order valence-electron chi connectivity index (χ0n) is 20.8. The second-order valence-corrected chi connectivity index (χ2v) is 12.1. The summed E-state index contributed by atoms with van der Waals surface area (Å²) in [7, 11) is 4.15. The summed E-state index contributed by atoms with van der Waals surface area (Å²) in [6.07, 6.45) is 6.60. The molecule has 0 radical (unpaired) electrons. The Morgan fingerprint density at radius 2 is 1.95 bits per heavy atom. The van der Waals surface area contributed by atoms with E-state index in [0.717, 1.165) is 77.7 Å². The number of hydrogen-bond donors (Lipinski definition) is 2. The molecule has 37 heavy (non-hydrogen) atoms. The van der Waals surface area contributed by atoms with Crippen LogP contribution in [0.15, 0.2) is 30.6 Å². The zero-order chi connectivity index (χ0) is 25.5. The molecule has 9 nitrogen and oxygen atoms in total. The van der Waals surface area contributed by atoms with Gasteiger partial charge in [0.25, 0.3) is 0 Å². The van der Waals surface area contributed by atoms with Crippen molar-refractivity contribution in [3.8, 4) is 11.1 Å². The van der Waals surface area contributed by atoms with Gasteiger partial charge in [0.15, 0.2) is 5.82 Å². The lowest BCUT2D eigenvalue weighted by Gasteiger charge is -2.42. The third kappa shape index (κ3) is 3.43. The average molecular weight is 534 g/mol. The van der Waals surface area contributed by atoms with Crippen LogP contribution in [0.2, 0.25) is 5.02 Å². The Morgan fingerprint density at radius 1 is 1.14 bits per heavy atom. The van der Waals surface area contributed by atoms with E-state index in [2.05, 4.69) is 33.3 Å². The van der Waals surface area contributed by atoms with Crippen molar-refractivity contribution in [1.82, 2.24) is 29.2 Å². The van der Waals surface area contributed by atoms with Crippen LogP contribution in [-0.4, -0.2) is 56.4 Å². The van der Waals surface area contributed by atoms with Gasteiger partial charge in [-0.1, -0.05) is 11.6 Å². The Balaban J connectivity index is 1.16. The molecule has 1 saturated heterocycles. The van der Waals surface area contributed by atoms with Crippen LogP contribution in [0.3, 0.4) is 0 Å². The number of rotatable bonds is 4. The van der Waals surface area contributed by atoms with E-state index in [-0.39, 0.29) is 11.5 Å². The fourth-order valence-electron chi connectivity index (χ4n) is 6.10. The topological polar surface area (TPSA) is 114 Å². The largest absolute Gasteiger partial charge is 0.382 e. The van der Waals surface area contributed by atoms with Crippen molar-refractivity contribution >= 4 is 51.4 Å². The second-order valence-electron chi connectivity index (χ2n) is 10.6. The highest BCUT2D eigenvalue weighted by Gasteiger charge is 2.48. The summed E-state index contributed by atoms with van der Waals surface area (Å²) in [5.74, 6) is 1.29. The van der Waals surface area contributed by atoms with E-state index in [9.17, 15) is 0 Å². The standard InChI is InChI=1S/C26H28ClN9S/c1-34(2)13-19-32-16-11-26(22(28)21(16)37-19)6-9-35(10-7-26)25-17-12-31-24-15(3-4-18(33-25)36(17)24)14-5-8-30-23(29)20(14)27/h3-5,8,12,22H,6-7,9-11,13,28H2,1-2H3,(H2,29,30)/t22-/m1/s1. The first-order chi connectivity index (χ1) is 17.8. The van der Waals surface area contributed by atoms with Crippen LogP contribution in [0.5, 0.6) is 0 Å². The minimum absolute atomic E-state index is 0.0579. The smallest absolute Gasteiger partial charge is 0.157 e. The molecule has 190 valence electrons. The van der Waals surface area contributed by atoms with Crippen LogP contribution < -0.4 is 16.4 Å². The van der Waals surface area contributed by atoms with E-state index < -0.39 is 0 Å². The van der Waals surface area contributed by atoms with Crippen molar-refractivity contribution in [2.45, 2.75) is 31.8 Å². The molecule has 1 spiro atoms. The third-order valence-electron chi connectivity index (χ3n) is 8.03. The lowest BCUT2D eigenvalue weighted by atomic mass is 9.74. The van der Waals surface area contributed by atoms with Crippen LogP contribution in [0.1, 0.15) is 34.5 Å². The normalized spacial score (nSPS) is 19.2. The van der Waals surface area contributed by atoms with E-state index >= 15 is 0 Å². The first kappa shape index (κ1) is 23.1. The van der Waals surface area contributed by atoms with Crippen molar-refractivity contribution in [3.05, 3.63) is 51.2 Å². The molecule has 2 aliphatic rings. The predicted molar refractivity (Wildman–Crippen MR) is 148 cm³/mol. The van der Waals surface area contributed by atoms with Crippen LogP contribution >= 0.6 is 22.9 Å². The van der Waals surface area contributed by atoms with Gasteiger partial charge < -0.3 is 21.3 Å². The minimum atomic E-state index is 0.0579. The number of pyridine rings is 2. The summed E-state index contributed by atoms with van der Waals surface area (Å²) in [6, 6.07) is 5.95. The summed E-state index contributed by atoms with van der Waals surface area (Å²) >= 11 is 8.29. The Morgan fingerprint density at radius 3 is 2.70 bits per heavy atom. The van der Waals surface area contributed by atoms with Gasteiger partial charge in [0.2, 0.25) is 0 Å². The molecule has 1 atom stereocenters. The zero-order valence-corrected chi connectivity index (χ0v) is 22.4. The number of thiazole rings is 1. The van der Waals surface area contributed by atoms with Gasteiger partial charge >= 0.3 is 0 Å². The predicted octanol–water partition coefficient (Wildman–Crippen LogP) is 3.98. The lowest BCUT2D eigenvalue weighted by molar-refractivity contribution is 0.187. The van der Waals surface area contributed by atoms with E-state index in [4.69, 9.17) is 38.0 Å². The van der Waals surface area contributed by atoms with Gasteiger partial charge in [-0.15, -0.1) is 11.3 Å². The highest BCUT2D eigenvalue weighted by molar-refractivity contribution is 7.11. The quantitative estimate of drug-likeness (QED) is 0.356. The van der Waals surface area contributed by atoms with Crippen LogP contribution in [0.4, 0.5) is 11.6 Å². The number of piperidine rings is 1. The number of nitrogens with two attached hydrogens (primary N) is 2. The first-order valence-electron chi connectivity index (χ1n) is 12.5. The molecule has 6 heterocycles. The van der Waals surface area contributed by atoms with Crippen LogP contribution in [0.25, 0.3) is 27.9 Å². The Labute approximate surface area is 223 Å². The van der Waals surface area contributed by atoms with E-state index in [1.807, 2.05) is 24.4 Å². The van der Waals surface area contributed by atoms with Gasteiger partial charge in [-0.05, 0) is 57.0 Å². The summed E-state index contributed by atoms with van der Waals surface area (Å²) in [4.78, 5) is 24.6. The maximum absolute atomic E-state index is 6.88. The maximum Gasteiger partial charge on any atom is 0.157 e. The summed E-state index contributed by atoms with van der Waals surface area (Å²) in [5, 5.41) is 1.60. The van der Waals surface area contributed by atoms with Crippen molar-refractivity contribution in [3.63, 3.8) is 0 Å². The number of imidazole rings is 2. The molecule has 5 aromatic heterocycles. The number of nitrogens with zero attached hydrogens (tertiary/aromatic N) is 7. The molecule has 0 bridgehead atoms. The first-order valence-corrected chi connectivity index (χ1v) is 13.7. The van der Waals surface area contributed by atoms with Crippen molar-refractivity contribution in [1.29, 1.82) is 0 Å². The summed E-state index contributed by atoms with van der Waals surface area (Å²) < 4.78 is 2.11. The number of aromatic nitrogens is 5. The minimum Gasteiger partial charge on any atom is -0.382 e. The van der Waals surface area contributed by atoms with E-state index in [1.54, 1.807) is 17.5 Å². The summed E-state index contributed by atoms with van der Waals surface area (Å²) in [5.41, 5.74) is 18.6. The number of fused-ring (bicyclic) bond motifs is 1. The van der Waals surface area contributed by atoms with Crippen molar-refractivity contribution in [2.75, 3.05) is 37.8 Å². The second kappa shape index (κ2) is 8.22. The molecule has 0 aromatic carbocycles. The molecule has 0 saturated carbocycles. The number of anilines is 2. The molecule has 0 amide bonds. The molecule has 1 fully saturated rings. The molecule has 5 aromatic rings. The lowest BCUT2D eigenvalue weighted by Crippen LogP contribution is -2.44. The summed E-state index contributed by atoms with van der Waals surface area (Å²) in [6.45, 7) is 2.69. The van der Waals surface area contributed by atoms with Crippen molar-refractivity contribution < 1.29 is 0 Å². The van der Waals surface area contributed by atoms with Crippen LogP contribution in [-0.2, 0) is 13.0 Å². The maximum atomic E-state index is 6.88. The Bertz CT molecular complexity index is 1630. The fraction of sp³-hybridized carbons (Fsp3) is 0.385. The van der Waals surface area contributed by atoms with Gasteiger partial charge in [-0.2, -0.15) is 0 Å². The Kier molecular flexibility index (Phi) is 5.13. The van der Waals surface area contributed by atoms with E-state index in [1.165, 1.54) is 10.6 Å². The monoisotopic (exact) mass is 533 g/mol. The van der Waals surface area contributed by atoms with E-state index in [0.29, 0.717) is 10.8 Å². The molecule has 1 aliphatic heterocycles. The Hall–Kier alpha value is -3.05. The SMILES string of the molecule is CN(C)Cc1nc2c(s1)[C@@H](N)C1(CCN(c3nc4ccc(-c5ccnc(N)c5Cl)c5ncc3n45)CC1)C2. The molecule has 1 aliphatic carbocycles. The molecule has 11 heteroatoms. The highest BCUT2D eigenvalue weighted by Crippen LogP contribution is 2.53. The van der Waals surface area contributed by atoms with Gasteiger partial charge in [0.1, 0.15) is 27.6 Å². The van der Waals surface area contributed by atoms with Gasteiger partial charge in [0.05, 0.1) is 16.9 Å². The van der Waals surface area contributed by atoms with Crippen LogP contribution in [0, 0.1) is 5.41 Å². The molecule has 4 N–H and O–H groups in total. The van der Waals surface area contributed by atoms with Gasteiger partial charge in [-0.3, -0.25) is 4.40 Å². The number of hydrogen-bond acceptors (Lipinski definition) is 9. The molecule has 7 rings (SSSR count). The average Bonchev–Trinajstić information content (AvgIpc) is 3.62.